The average molecular weight is 218 g/mol. The van der Waals surface area contributed by atoms with Gasteiger partial charge in [0, 0.05) is 18.7 Å². The van der Waals surface area contributed by atoms with Gasteiger partial charge in [0.15, 0.2) is 0 Å². The van der Waals surface area contributed by atoms with Crippen LogP contribution in [0.4, 0.5) is 0 Å². The van der Waals surface area contributed by atoms with Gasteiger partial charge in [0.05, 0.1) is 18.5 Å². The van der Waals surface area contributed by atoms with E-state index in [2.05, 4.69) is 4.98 Å². The Labute approximate surface area is 93.5 Å². The molecule has 2 aromatic rings. The van der Waals surface area contributed by atoms with Crippen molar-refractivity contribution in [3.05, 3.63) is 30.2 Å². The summed E-state index contributed by atoms with van der Waals surface area (Å²) in [6.07, 6.45) is 5.89. The van der Waals surface area contributed by atoms with Crippen molar-refractivity contribution in [2.45, 2.75) is 18.8 Å². The topological polar surface area (TPSA) is 46.8 Å². The molecular weight excluding hydrogens is 204 g/mol. The molecular formula is C12H14N2O2. The lowest BCUT2D eigenvalue weighted by Crippen LogP contribution is -2.15. The van der Waals surface area contributed by atoms with Crippen LogP contribution in [0.2, 0.25) is 0 Å². The Balaban J connectivity index is 1.97. The molecule has 1 saturated heterocycles. The fourth-order valence-electron chi connectivity index (χ4n) is 2.17. The van der Waals surface area contributed by atoms with E-state index in [4.69, 9.17) is 4.74 Å². The SMILES string of the molecule is Oc1ccc2nc(C3CCCOC3)cn2c1. The number of aromatic nitrogens is 2. The van der Waals surface area contributed by atoms with Crippen molar-refractivity contribution in [3.63, 3.8) is 0 Å². The highest BCUT2D eigenvalue weighted by atomic mass is 16.5. The molecule has 1 unspecified atom stereocenters. The lowest BCUT2D eigenvalue weighted by molar-refractivity contribution is 0.0794. The fraction of sp³-hybridized carbons (Fsp3) is 0.417. The number of rotatable bonds is 1. The number of pyridine rings is 1. The third-order valence-electron chi connectivity index (χ3n) is 3.03. The highest BCUT2D eigenvalue weighted by molar-refractivity contribution is 5.43. The first-order chi connectivity index (χ1) is 7.83. The molecule has 3 rings (SSSR count). The Morgan fingerprint density at radius 3 is 3.12 bits per heavy atom. The fourth-order valence-corrected chi connectivity index (χ4v) is 2.17. The molecule has 1 aliphatic rings. The predicted octanol–water partition coefficient (Wildman–Crippen LogP) is 1.93. The molecule has 0 amide bonds. The van der Waals surface area contributed by atoms with Crippen LogP contribution in [0, 0.1) is 0 Å². The number of nitrogens with zero attached hydrogens (tertiary/aromatic N) is 2. The van der Waals surface area contributed by atoms with E-state index in [9.17, 15) is 5.11 Å². The van der Waals surface area contributed by atoms with Gasteiger partial charge in [-0.2, -0.15) is 0 Å². The van der Waals surface area contributed by atoms with Crippen molar-refractivity contribution >= 4 is 5.65 Å². The van der Waals surface area contributed by atoms with Crippen LogP contribution < -0.4 is 0 Å². The summed E-state index contributed by atoms with van der Waals surface area (Å²) >= 11 is 0. The Morgan fingerprint density at radius 2 is 2.31 bits per heavy atom. The number of fused-ring (bicyclic) bond motifs is 1. The van der Waals surface area contributed by atoms with Gasteiger partial charge in [-0.05, 0) is 25.0 Å². The van der Waals surface area contributed by atoms with E-state index in [0.29, 0.717) is 5.92 Å². The number of imidazole rings is 1. The first-order valence-electron chi connectivity index (χ1n) is 5.58. The zero-order chi connectivity index (χ0) is 11.0. The number of hydrogen-bond donors (Lipinski definition) is 1. The summed E-state index contributed by atoms with van der Waals surface area (Å²) in [6.45, 7) is 1.63. The first-order valence-corrected chi connectivity index (χ1v) is 5.58. The maximum atomic E-state index is 9.38. The molecule has 84 valence electrons. The van der Waals surface area contributed by atoms with Crippen LogP contribution in [0.15, 0.2) is 24.5 Å². The minimum Gasteiger partial charge on any atom is -0.506 e. The van der Waals surface area contributed by atoms with E-state index in [1.165, 1.54) is 0 Å². The molecule has 0 spiro atoms. The second kappa shape index (κ2) is 3.79. The third kappa shape index (κ3) is 1.65. The van der Waals surface area contributed by atoms with Crippen LogP contribution in [0.5, 0.6) is 5.75 Å². The van der Waals surface area contributed by atoms with Gasteiger partial charge in [0.2, 0.25) is 0 Å². The van der Waals surface area contributed by atoms with E-state index >= 15 is 0 Å². The summed E-state index contributed by atoms with van der Waals surface area (Å²) in [5, 5.41) is 9.38. The zero-order valence-electron chi connectivity index (χ0n) is 8.97. The number of ether oxygens (including phenoxy) is 1. The number of aromatic hydroxyl groups is 1. The van der Waals surface area contributed by atoms with E-state index in [0.717, 1.165) is 37.4 Å². The van der Waals surface area contributed by atoms with E-state index in [1.807, 2.05) is 16.7 Å². The molecule has 4 nitrogen and oxygen atoms in total. The minimum absolute atomic E-state index is 0.261. The van der Waals surface area contributed by atoms with Gasteiger partial charge in [0.1, 0.15) is 11.4 Å². The summed E-state index contributed by atoms with van der Waals surface area (Å²) < 4.78 is 7.32. The van der Waals surface area contributed by atoms with Gasteiger partial charge in [-0.25, -0.2) is 4.98 Å². The zero-order valence-corrected chi connectivity index (χ0v) is 8.97. The van der Waals surface area contributed by atoms with Gasteiger partial charge >= 0.3 is 0 Å². The Bertz CT molecular complexity index is 501. The maximum absolute atomic E-state index is 9.38. The van der Waals surface area contributed by atoms with Gasteiger partial charge < -0.3 is 14.2 Å². The van der Waals surface area contributed by atoms with E-state index in [-0.39, 0.29) is 5.75 Å². The van der Waals surface area contributed by atoms with Crippen molar-refractivity contribution in [2.75, 3.05) is 13.2 Å². The van der Waals surface area contributed by atoms with Gasteiger partial charge in [0.25, 0.3) is 0 Å². The van der Waals surface area contributed by atoms with E-state index < -0.39 is 0 Å². The summed E-state index contributed by atoms with van der Waals surface area (Å²) in [5.74, 6) is 0.659. The van der Waals surface area contributed by atoms with Crippen molar-refractivity contribution in [3.8, 4) is 5.75 Å². The predicted molar refractivity (Wildman–Crippen MR) is 59.7 cm³/mol. The second-order valence-electron chi connectivity index (χ2n) is 4.23. The lowest BCUT2D eigenvalue weighted by atomic mass is 9.99. The normalized spacial score (nSPS) is 21.4. The van der Waals surface area contributed by atoms with Crippen LogP contribution in [-0.2, 0) is 4.74 Å². The highest BCUT2D eigenvalue weighted by Crippen LogP contribution is 2.25. The first kappa shape index (κ1) is 9.66. The molecule has 1 aliphatic heterocycles. The van der Waals surface area contributed by atoms with Crippen LogP contribution >= 0.6 is 0 Å². The minimum atomic E-state index is 0.261. The lowest BCUT2D eigenvalue weighted by Gasteiger charge is -2.19. The molecule has 0 aliphatic carbocycles. The molecule has 0 saturated carbocycles. The summed E-state index contributed by atoms with van der Waals surface area (Å²) in [7, 11) is 0. The van der Waals surface area contributed by atoms with Crippen LogP contribution in [0.25, 0.3) is 5.65 Å². The Kier molecular flexibility index (Phi) is 2.29. The Hall–Kier alpha value is -1.55. The molecule has 16 heavy (non-hydrogen) atoms. The summed E-state index contributed by atoms with van der Waals surface area (Å²) in [5.41, 5.74) is 1.93. The van der Waals surface area contributed by atoms with Crippen molar-refractivity contribution in [1.29, 1.82) is 0 Å². The van der Waals surface area contributed by atoms with Crippen molar-refractivity contribution in [1.82, 2.24) is 9.38 Å². The quantitative estimate of drug-likeness (QED) is 0.795. The average Bonchev–Trinajstić information content (AvgIpc) is 2.73. The molecule has 4 heteroatoms. The smallest absolute Gasteiger partial charge is 0.137 e. The number of hydrogen-bond acceptors (Lipinski definition) is 3. The highest BCUT2D eigenvalue weighted by Gasteiger charge is 2.18. The second-order valence-corrected chi connectivity index (χ2v) is 4.23. The Morgan fingerprint density at radius 1 is 1.38 bits per heavy atom. The summed E-state index contributed by atoms with van der Waals surface area (Å²) in [6, 6.07) is 3.48. The summed E-state index contributed by atoms with van der Waals surface area (Å²) in [4.78, 5) is 4.55. The van der Waals surface area contributed by atoms with Gasteiger partial charge in [-0.15, -0.1) is 0 Å². The van der Waals surface area contributed by atoms with Crippen molar-refractivity contribution in [2.24, 2.45) is 0 Å². The molecule has 1 fully saturated rings. The van der Waals surface area contributed by atoms with Crippen molar-refractivity contribution < 1.29 is 9.84 Å². The van der Waals surface area contributed by atoms with Crippen LogP contribution in [0.1, 0.15) is 24.5 Å². The van der Waals surface area contributed by atoms with Gasteiger partial charge in [-0.1, -0.05) is 0 Å². The molecule has 1 N–H and O–H groups in total. The molecule has 0 aromatic carbocycles. The van der Waals surface area contributed by atoms with Gasteiger partial charge in [-0.3, -0.25) is 0 Å². The monoisotopic (exact) mass is 218 g/mol. The van der Waals surface area contributed by atoms with Crippen LogP contribution in [-0.4, -0.2) is 27.7 Å². The van der Waals surface area contributed by atoms with Crippen LogP contribution in [0.3, 0.4) is 0 Å². The molecule has 1 atom stereocenters. The van der Waals surface area contributed by atoms with E-state index in [1.54, 1.807) is 12.3 Å². The third-order valence-corrected chi connectivity index (χ3v) is 3.03. The maximum Gasteiger partial charge on any atom is 0.137 e. The molecule has 0 bridgehead atoms. The molecule has 2 aromatic heterocycles. The standard InChI is InChI=1S/C12H14N2O2/c15-10-3-4-12-13-11(7-14(12)6-10)9-2-1-5-16-8-9/h3-4,6-7,9,15H,1-2,5,8H2. The molecule has 3 heterocycles. The molecule has 0 radical (unpaired) electrons. The largest absolute Gasteiger partial charge is 0.506 e.